The van der Waals surface area contributed by atoms with Crippen LogP contribution in [0.2, 0.25) is 0 Å². The highest BCUT2D eigenvalue weighted by atomic mass is 16.5. The molecule has 0 rings (SSSR count). The Morgan fingerprint density at radius 1 is 1.33 bits per heavy atom. The van der Waals surface area contributed by atoms with Gasteiger partial charge in [0.2, 0.25) is 0 Å². The zero-order valence-electron chi connectivity index (χ0n) is 7.53. The van der Waals surface area contributed by atoms with Gasteiger partial charge in [-0.1, -0.05) is 0 Å². The van der Waals surface area contributed by atoms with Crippen molar-refractivity contribution in [3.63, 3.8) is 0 Å². The first-order chi connectivity index (χ1) is 5.85. The van der Waals surface area contributed by atoms with Crippen LogP contribution in [-0.4, -0.2) is 57.1 Å². The van der Waals surface area contributed by atoms with Crippen LogP contribution in [0, 0.1) is 0 Å². The summed E-state index contributed by atoms with van der Waals surface area (Å²) >= 11 is 0. The molecule has 0 saturated carbocycles. The molecule has 0 radical (unpaired) electrons. The van der Waals surface area contributed by atoms with Crippen LogP contribution in [0.5, 0.6) is 0 Å². The van der Waals surface area contributed by atoms with Crippen LogP contribution in [0.4, 0.5) is 0 Å². The minimum Gasteiger partial charge on any atom is -0.396 e. The van der Waals surface area contributed by atoms with Gasteiger partial charge < -0.3 is 19.7 Å². The van der Waals surface area contributed by atoms with E-state index < -0.39 is 0 Å². The predicted molar refractivity (Wildman–Crippen MR) is 47.9 cm³/mol. The normalized spacial score (nSPS) is 13.2. The molecule has 5 heteroatoms. The smallest absolute Gasteiger partial charge is 0.135 e. The Hall–Kier alpha value is -0.0951. The fourth-order valence-corrected chi connectivity index (χ4v) is 0.771. The average Bonchev–Trinajstić information content (AvgIpc) is 2.10. The molecule has 0 aliphatic rings. The highest BCUT2D eigenvalue weighted by molar-refractivity contribution is 6.08. The van der Waals surface area contributed by atoms with Gasteiger partial charge in [0, 0.05) is 19.7 Å². The third-order valence-electron chi connectivity index (χ3n) is 1.36. The minimum atomic E-state index is -0.228. The van der Waals surface area contributed by atoms with Crippen molar-refractivity contribution in [3.8, 4) is 0 Å². The van der Waals surface area contributed by atoms with Crippen LogP contribution in [0.15, 0.2) is 0 Å². The number of rotatable bonds is 8. The van der Waals surface area contributed by atoms with Crippen LogP contribution in [0.3, 0.4) is 0 Å². The van der Waals surface area contributed by atoms with E-state index in [1.54, 1.807) is 0 Å². The van der Waals surface area contributed by atoms with Crippen molar-refractivity contribution >= 4 is 7.85 Å². The second-order valence-corrected chi connectivity index (χ2v) is 2.41. The topological polar surface area (TPSA) is 58.9 Å². The molecule has 0 aromatic heterocycles. The Kier molecular flexibility index (Phi) is 8.93. The standard InChI is InChI=1S/C7H17BO4/c8-6-12-7(4-10)5-11-3-1-2-9/h7,9-10H,1-6,8H2. The van der Waals surface area contributed by atoms with Crippen molar-refractivity contribution in [1.82, 2.24) is 0 Å². The molecule has 12 heavy (non-hydrogen) atoms. The zero-order chi connectivity index (χ0) is 9.23. The summed E-state index contributed by atoms with van der Waals surface area (Å²) < 4.78 is 10.3. The van der Waals surface area contributed by atoms with Gasteiger partial charge in [0.05, 0.1) is 13.2 Å². The predicted octanol–water partition coefficient (Wildman–Crippen LogP) is -1.65. The Morgan fingerprint density at radius 2 is 2.08 bits per heavy atom. The van der Waals surface area contributed by atoms with Crippen LogP contribution >= 0.6 is 0 Å². The quantitative estimate of drug-likeness (QED) is 0.343. The second kappa shape index (κ2) is 9.00. The van der Waals surface area contributed by atoms with Crippen molar-refractivity contribution in [2.45, 2.75) is 12.5 Å². The van der Waals surface area contributed by atoms with Crippen molar-refractivity contribution in [3.05, 3.63) is 0 Å². The minimum absolute atomic E-state index is 0.0209. The Balaban J connectivity index is 3.19. The van der Waals surface area contributed by atoms with E-state index >= 15 is 0 Å². The van der Waals surface area contributed by atoms with E-state index in [0.29, 0.717) is 26.1 Å². The summed E-state index contributed by atoms with van der Waals surface area (Å²) in [6, 6.07) is 0. The molecule has 0 saturated heterocycles. The average molecular weight is 176 g/mol. The van der Waals surface area contributed by atoms with Gasteiger partial charge in [-0.05, 0) is 6.42 Å². The largest absolute Gasteiger partial charge is 0.396 e. The molecule has 0 aromatic carbocycles. The molecule has 0 spiro atoms. The van der Waals surface area contributed by atoms with Crippen LogP contribution in [0.1, 0.15) is 6.42 Å². The maximum Gasteiger partial charge on any atom is 0.135 e. The number of hydrogen-bond donors (Lipinski definition) is 2. The summed E-state index contributed by atoms with van der Waals surface area (Å²) in [5.41, 5.74) is 0. The highest BCUT2D eigenvalue weighted by Gasteiger charge is 2.05. The first-order valence-electron chi connectivity index (χ1n) is 4.26. The second-order valence-electron chi connectivity index (χ2n) is 2.41. The summed E-state index contributed by atoms with van der Waals surface area (Å²) in [6.45, 7) is 1.60. The van der Waals surface area contributed by atoms with E-state index in [1.807, 2.05) is 7.85 Å². The van der Waals surface area contributed by atoms with Crippen LogP contribution < -0.4 is 0 Å². The fraction of sp³-hybridized carbons (Fsp3) is 1.00. The Bertz CT molecular complexity index is 91.5. The van der Waals surface area contributed by atoms with E-state index in [-0.39, 0.29) is 19.3 Å². The lowest BCUT2D eigenvalue weighted by Gasteiger charge is -2.13. The first kappa shape index (κ1) is 11.9. The van der Waals surface area contributed by atoms with Gasteiger partial charge in [0.25, 0.3) is 0 Å². The van der Waals surface area contributed by atoms with Gasteiger partial charge in [-0.3, -0.25) is 0 Å². The third kappa shape index (κ3) is 6.60. The van der Waals surface area contributed by atoms with E-state index in [4.69, 9.17) is 19.7 Å². The Morgan fingerprint density at radius 3 is 2.58 bits per heavy atom. The maximum atomic E-state index is 8.76. The van der Waals surface area contributed by atoms with Crippen LogP contribution in [-0.2, 0) is 9.47 Å². The van der Waals surface area contributed by atoms with Crippen LogP contribution in [0.25, 0.3) is 0 Å². The molecule has 0 heterocycles. The van der Waals surface area contributed by atoms with E-state index in [0.717, 1.165) is 0 Å². The summed E-state index contributed by atoms with van der Waals surface area (Å²) in [5.74, 6) is 0. The van der Waals surface area contributed by atoms with Crippen molar-refractivity contribution in [2.24, 2.45) is 0 Å². The lowest BCUT2D eigenvalue weighted by molar-refractivity contribution is -0.0288. The molecule has 0 bridgehead atoms. The number of hydrogen-bond acceptors (Lipinski definition) is 4. The molecule has 1 atom stereocenters. The SMILES string of the molecule is BCOC(CO)COCCCO. The molecule has 4 nitrogen and oxygen atoms in total. The molecule has 0 aliphatic heterocycles. The maximum absolute atomic E-state index is 8.76. The summed E-state index contributed by atoms with van der Waals surface area (Å²) in [7, 11) is 1.87. The van der Waals surface area contributed by atoms with Gasteiger partial charge in [-0.2, -0.15) is 0 Å². The fourth-order valence-electron chi connectivity index (χ4n) is 0.771. The third-order valence-corrected chi connectivity index (χ3v) is 1.36. The van der Waals surface area contributed by atoms with Crippen molar-refractivity contribution < 1.29 is 19.7 Å². The zero-order valence-corrected chi connectivity index (χ0v) is 7.53. The van der Waals surface area contributed by atoms with Gasteiger partial charge >= 0.3 is 0 Å². The van der Waals surface area contributed by atoms with Gasteiger partial charge in [-0.15, -0.1) is 0 Å². The molecule has 2 N–H and O–H groups in total. The number of aliphatic hydroxyl groups is 2. The van der Waals surface area contributed by atoms with Gasteiger partial charge in [0.1, 0.15) is 14.0 Å². The van der Waals surface area contributed by atoms with Crippen molar-refractivity contribution in [2.75, 3.05) is 32.9 Å². The molecule has 0 aromatic rings. The van der Waals surface area contributed by atoms with Crippen molar-refractivity contribution in [1.29, 1.82) is 0 Å². The molecule has 1 unspecified atom stereocenters. The molecular weight excluding hydrogens is 159 g/mol. The summed E-state index contributed by atoms with van der Waals surface area (Å²) in [6.07, 6.45) is 0.401. The van der Waals surface area contributed by atoms with Gasteiger partial charge in [0.15, 0.2) is 0 Å². The molecule has 0 aliphatic carbocycles. The summed E-state index contributed by atoms with van der Waals surface area (Å²) in [5, 5.41) is 17.2. The number of aliphatic hydroxyl groups excluding tert-OH is 2. The lowest BCUT2D eigenvalue weighted by Crippen LogP contribution is -2.25. The number of ether oxygens (including phenoxy) is 2. The van der Waals surface area contributed by atoms with E-state index in [9.17, 15) is 0 Å². The molecule has 0 amide bonds. The lowest BCUT2D eigenvalue weighted by atomic mass is 10.2. The highest BCUT2D eigenvalue weighted by Crippen LogP contribution is 1.92. The van der Waals surface area contributed by atoms with E-state index in [2.05, 4.69) is 0 Å². The molecule has 0 fully saturated rings. The Labute approximate surface area is 73.9 Å². The molecule has 72 valence electrons. The van der Waals surface area contributed by atoms with E-state index in [1.165, 1.54) is 0 Å². The first-order valence-corrected chi connectivity index (χ1v) is 4.26. The van der Waals surface area contributed by atoms with Gasteiger partial charge in [-0.25, -0.2) is 0 Å². The summed E-state index contributed by atoms with van der Waals surface area (Å²) in [4.78, 5) is 0. The molecular formula is C7H17BO4. The monoisotopic (exact) mass is 176 g/mol.